The normalized spacial score (nSPS) is 11.5. The van der Waals surface area contributed by atoms with Gasteiger partial charge in [-0.15, -0.1) is 15.3 Å². The van der Waals surface area contributed by atoms with Gasteiger partial charge in [-0.25, -0.2) is 0 Å². The Kier molecular flexibility index (Phi) is 12.2. The topological polar surface area (TPSA) is 160 Å². The smallest absolute Gasteiger partial charge is 0.258 e. The summed E-state index contributed by atoms with van der Waals surface area (Å²) in [6, 6.07) is 30.7. The molecule has 0 radical (unpaired) electrons. The summed E-state index contributed by atoms with van der Waals surface area (Å²) in [6.45, 7) is 18.5. The predicted octanol–water partition coefficient (Wildman–Crippen LogP) is 15.5. The van der Waals surface area contributed by atoms with E-state index in [1.54, 1.807) is 24.3 Å². The van der Waals surface area contributed by atoms with E-state index in [9.17, 15) is 20.2 Å². The number of nitrogens with zero attached hydrogens (tertiary/aromatic N) is 8. The monoisotopic (exact) mass is 784 g/mol. The van der Waals surface area contributed by atoms with Gasteiger partial charge >= 0.3 is 0 Å². The Morgan fingerprint density at radius 3 is 1.08 bits per heavy atom. The number of benzene rings is 7. The standard InChI is InChI=1S/C27H25N5O2.C20H19N3O2/c1-16-6-8-22(9-7-16)28-30-26-17(2)14-21-15-18(3)27(20(5)25(21)19(26)4)31-29-23-10-12-24(13-11-23)32(33)34;1-12-9-13(2)19-15(4)20(14(3)11-16(19)10-12)22-21-17-5-7-18(8-6-17)23(24)25/h6-15H,1-5H3;5-11H,1-4H3. The Balaban J connectivity index is 0.000000208. The molecule has 296 valence electrons. The van der Waals surface area contributed by atoms with Crippen molar-refractivity contribution in [3.63, 3.8) is 0 Å². The number of azo groups is 3. The first kappa shape index (κ1) is 41.3. The number of nitro benzene ring substituents is 2. The number of fused-ring (bicyclic) bond motifs is 2. The van der Waals surface area contributed by atoms with Crippen LogP contribution < -0.4 is 0 Å². The SMILES string of the molecule is Cc1cc(C)c2c(C)c(N=Nc3ccc([N+](=O)[O-])cc3)c(C)cc2c1.Cc1ccc(N=Nc2c(C)cc3cc(C)c(N=Nc4ccc([N+](=O)[O-])cc4)c(C)c3c2C)cc1. The zero-order valence-corrected chi connectivity index (χ0v) is 34.5. The first-order chi connectivity index (χ1) is 28.1. The first-order valence-electron chi connectivity index (χ1n) is 19.0. The minimum absolute atomic E-state index is 0.0235. The van der Waals surface area contributed by atoms with Gasteiger partial charge in [0.15, 0.2) is 0 Å². The van der Waals surface area contributed by atoms with Gasteiger partial charge in [0.05, 0.1) is 44.0 Å². The molecule has 0 saturated carbocycles. The van der Waals surface area contributed by atoms with Gasteiger partial charge in [-0.3, -0.25) is 20.2 Å². The van der Waals surface area contributed by atoms with Crippen molar-refractivity contribution in [2.75, 3.05) is 0 Å². The molecule has 12 heteroatoms. The van der Waals surface area contributed by atoms with E-state index in [0.29, 0.717) is 11.4 Å². The summed E-state index contributed by atoms with van der Waals surface area (Å²) in [5.41, 5.74) is 14.4. The minimum Gasteiger partial charge on any atom is -0.258 e. The highest BCUT2D eigenvalue weighted by molar-refractivity contribution is 5.97. The third-order valence-electron chi connectivity index (χ3n) is 10.2. The molecule has 12 nitrogen and oxygen atoms in total. The van der Waals surface area contributed by atoms with Crippen molar-refractivity contribution in [3.05, 3.63) is 173 Å². The Morgan fingerprint density at radius 1 is 0.373 bits per heavy atom. The average molecular weight is 785 g/mol. The molecule has 0 N–H and O–H groups in total. The molecule has 0 heterocycles. The van der Waals surface area contributed by atoms with Crippen LogP contribution in [0.5, 0.6) is 0 Å². The minimum atomic E-state index is -0.433. The van der Waals surface area contributed by atoms with Crippen LogP contribution in [0.25, 0.3) is 21.5 Å². The summed E-state index contributed by atoms with van der Waals surface area (Å²) in [7, 11) is 0. The number of aryl methyl sites for hydroxylation is 9. The molecule has 0 saturated heterocycles. The van der Waals surface area contributed by atoms with E-state index in [4.69, 9.17) is 0 Å². The predicted molar refractivity (Wildman–Crippen MR) is 236 cm³/mol. The molecule has 7 aromatic rings. The van der Waals surface area contributed by atoms with Crippen molar-refractivity contribution >= 4 is 67.0 Å². The molecular formula is C47H44N8O4. The Hall–Kier alpha value is -7.34. The van der Waals surface area contributed by atoms with Crippen LogP contribution >= 0.6 is 0 Å². The Morgan fingerprint density at radius 2 is 0.712 bits per heavy atom. The maximum absolute atomic E-state index is 10.9. The maximum Gasteiger partial charge on any atom is 0.269 e. The molecule has 0 aliphatic carbocycles. The number of nitro groups is 2. The van der Waals surface area contributed by atoms with Crippen LogP contribution in [-0.2, 0) is 0 Å². The second-order valence-corrected chi connectivity index (χ2v) is 14.8. The zero-order valence-electron chi connectivity index (χ0n) is 34.5. The van der Waals surface area contributed by atoms with Crippen molar-refractivity contribution in [2.24, 2.45) is 30.7 Å². The van der Waals surface area contributed by atoms with E-state index in [1.165, 1.54) is 51.7 Å². The largest absolute Gasteiger partial charge is 0.269 e. The van der Waals surface area contributed by atoms with E-state index in [1.807, 2.05) is 58.9 Å². The van der Waals surface area contributed by atoms with Crippen LogP contribution in [0.15, 0.2) is 134 Å². The molecule has 0 atom stereocenters. The van der Waals surface area contributed by atoms with Gasteiger partial charge in [0.2, 0.25) is 0 Å². The summed E-state index contributed by atoms with van der Waals surface area (Å²) < 4.78 is 0. The van der Waals surface area contributed by atoms with Crippen molar-refractivity contribution in [2.45, 2.75) is 62.3 Å². The molecule has 7 rings (SSSR count). The van der Waals surface area contributed by atoms with Crippen molar-refractivity contribution < 1.29 is 9.85 Å². The Labute approximate surface area is 342 Å². The molecule has 0 amide bonds. The third-order valence-corrected chi connectivity index (χ3v) is 10.2. The highest BCUT2D eigenvalue weighted by atomic mass is 16.6. The summed E-state index contributed by atoms with van der Waals surface area (Å²) in [4.78, 5) is 20.7. The second kappa shape index (κ2) is 17.4. The molecule has 0 spiro atoms. The molecular weight excluding hydrogens is 741 g/mol. The van der Waals surface area contributed by atoms with E-state index in [0.717, 1.165) is 66.9 Å². The molecule has 0 aliphatic rings. The lowest BCUT2D eigenvalue weighted by Gasteiger charge is -2.14. The van der Waals surface area contributed by atoms with Crippen molar-refractivity contribution in [1.29, 1.82) is 0 Å². The van der Waals surface area contributed by atoms with Crippen LogP contribution in [-0.4, -0.2) is 9.85 Å². The number of hydrogen-bond acceptors (Lipinski definition) is 10. The summed E-state index contributed by atoms with van der Waals surface area (Å²) in [5.74, 6) is 0. The van der Waals surface area contributed by atoms with Gasteiger partial charge in [-0.1, -0.05) is 35.4 Å². The Bertz CT molecular complexity index is 2850. The van der Waals surface area contributed by atoms with Crippen LogP contribution in [0, 0.1) is 82.5 Å². The third kappa shape index (κ3) is 9.29. The maximum atomic E-state index is 10.9. The van der Waals surface area contributed by atoms with Crippen molar-refractivity contribution in [3.8, 4) is 0 Å². The van der Waals surface area contributed by atoms with Gasteiger partial charge < -0.3 is 0 Å². The molecule has 0 fully saturated rings. The lowest BCUT2D eigenvalue weighted by molar-refractivity contribution is -0.385. The second-order valence-electron chi connectivity index (χ2n) is 14.8. The lowest BCUT2D eigenvalue weighted by Crippen LogP contribution is -1.90. The highest BCUT2D eigenvalue weighted by Gasteiger charge is 2.15. The molecule has 0 aliphatic heterocycles. The van der Waals surface area contributed by atoms with Gasteiger partial charge in [-0.05, 0) is 177 Å². The average Bonchev–Trinajstić information content (AvgIpc) is 3.18. The molecule has 0 unspecified atom stereocenters. The van der Waals surface area contributed by atoms with E-state index in [-0.39, 0.29) is 11.4 Å². The molecule has 0 aromatic heterocycles. The molecule has 0 bridgehead atoms. The zero-order chi connectivity index (χ0) is 42.5. The number of non-ortho nitro benzene ring substituents is 2. The quantitative estimate of drug-likeness (QED) is 0.0852. The van der Waals surface area contributed by atoms with Gasteiger partial charge in [0.25, 0.3) is 11.4 Å². The highest BCUT2D eigenvalue weighted by Crippen LogP contribution is 2.40. The van der Waals surface area contributed by atoms with E-state index in [2.05, 4.69) is 88.7 Å². The van der Waals surface area contributed by atoms with Gasteiger partial charge in [0.1, 0.15) is 0 Å². The van der Waals surface area contributed by atoms with Gasteiger partial charge in [-0.2, -0.15) is 15.3 Å². The summed E-state index contributed by atoms with van der Waals surface area (Å²) in [5, 5.41) is 52.7. The van der Waals surface area contributed by atoms with E-state index < -0.39 is 9.85 Å². The van der Waals surface area contributed by atoms with E-state index >= 15 is 0 Å². The molecule has 7 aromatic carbocycles. The van der Waals surface area contributed by atoms with Crippen LogP contribution in [0.4, 0.5) is 45.5 Å². The van der Waals surface area contributed by atoms with Crippen LogP contribution in [0.3, 0.4) is 0 Å². The fourth-order valence-corrected chi connectivity index (χ4v) is 7.35. The fourth-order valence-electron chi connectivity index (χ4n) is 7.35. The molecule has 59 heavy (non-hydrogen) atoms. The number of hydrogen-bond donors (Lipinski definition) is 0. The number of rotatable bonds is 8. The summed E-state index contributed by atoms with van der Waals surface area (Å²) >= 11 is 0. The van der Waals surface area contributed by atoms with Gasteiger partial charge in [0, 0.05) is 24.3 Å². The van der Waals surface area contributed by atoms with Crippen LogP contribution in [0.1, 0.15) is 50.1 Å². The lowest BCUT2D eigenvalue weighted by atomic mass is 9.93. The van der Waals surface area contributed by atoms with Crippen molar-refractivity contribution in [1.82, 2.24) is 0 Å². The fraction of sp³-hybridized carbons (Fsp3) is 0.191. The summed E-state index contributed by atoms with van der Waals surface area (Å²) in [6.07, 6.45) is 0. The van der Waals surface area contributed by atoms with Crippen LogP contribution in [0.2, 0.25) is 0 Å². The first-order valence-corrected chi connectivity index (χ1v) is 19.0.